The number of primary amides is 1. The van der Waals surface area contributed by atoms with E-state index in [9.17, 15) is 9.59 Å². The van der Waals surface area contributed by atoms with E-state index in [1.54, 1.807) is 0 Å². The van der Waals surface area contributed by atoms with Crippen molar-refractivity contribution in [1.29, 1.82) is 0 Å². The Morgan fingerprint density at radius 3 is 2.21 bits per heavy atom. The molecule has 7 nitrogen and oxygen atoms in total. The molecule has 136 valence electrons. The highest BCUT2D eigenvalue weighted by atomic mass is 16.5. The van der Waals surface area contributed by atoms with Crippen LogP contribution in [0.15, 0.2) is 0 Å². The topological polar surface area (TPSA) is 79.1 Å². The van der Waals surface area contributed by atoms with Gasteiger partial charge < -0.3 is 15.4 Å². The normalized spacial score (nSPS) is 27.5. The molecule has 3 rings (SSSR count). The second kappa shape index (κ2) is 8.27. The van der Waals surface area contributed by atoms with E-state index in [2.05, 4.69) is 9.80 Å². The number of likely N-dealkylation sites (tertiary alicyclic amines) is 1. The number of carbonyl (C=O) groups excluding carboxylic acids is 2. The second-order valence-corrected chi connectivity index (χ2v) is 7.27. The third-order valence-electron chi connectivity index (χ3n) is 5.56. The Bertz CT molecular complexity index is 437. The molecule has 0 aromatic rings. The van der Waals surface area contributed by atoms with E-state index in [1.165, 1.54) is 12.8 Å². The molecule has 0 saturated carbocycles. The van der Waals surface area contributed by atoms with Crippen molar-refractivity contribution in [2.45, 2.75) is 31.8 Å². The Morgan fingerprint density at radius 1 is 0.958 bits per heavy atom. The predicted octanol–water partition coefficient (Wildman–Crippen LogP) is -0.493. The molecule has 3 fully saturated rings. The van der Waals surface area contributed by atoms with E-state index in [4.69, 9.17) is 10.5 Å². The van der Waals surface area contributed by atoms with Gasteiger partial charge in [-0.25, -0.2) is 0 Å². The van der Waals surface area contributed by atoms with Gasteiger partial charge in [0.05, 0.1) is 12.6 Å². The number of hydrogen-bond donors (Lipinski definition) is 1. The minimum Gasteiger partial charge on any atom is -0.377 e. The van der Waals surface area contributed by atoms with Gasteiger partial charge >= 0.3 is 0 Å². The number of carbonyl (C=O) groups is 2. The summed E-state index contributed by atoms with van der Waals surface area (Å²) in [5, 5.41) is 0. The minimum atomic E-state index is -0.232. The molecular weight excluding hydrogens is 308 g/mol. The first-order valence-corrected chi connectivity index (χ1v) is 9.25. The van der Waals surface area contributed by atoms with Crippen molar-refractivity contribution in [3.63, 3.8) is 0 Å². The smallest absolute Gasteiger partial charge is 0.236 e. The highest BCUT2D eigenvalue weighted by molar-refractivity contribution is 5.80. The van der Waals surface area contributed by atoms with E-state index in [-0.39, 0.29) is 17.7 Å². The van der Waals surface area contributed by atoms with Gasteiger partial charge in [0.2, 0.25) is 11.8 Å². The SMILES string of the molecule is NC(=O)C1CCN(C(=O)CN2CCN(CC3CCCO3)CC2)CC1. The van der Waals surface area contributed by atoms with Gasteiger partial charge in [-0.05, 0) is 25.7 Å². The first kappa shape index (κ1) is 17.6. The number of ether oxygens (including phenoxy) is 1. The van der Waals surface area contributed by atoms with Gasteiger partial charge in [-0.1, -0.05) is 0 Å². The maximum atomic E-state index is 12.4. The molecular formula is C17H30N4O3. The van der Waals surface area contributed by atoms with Gasteiger partial charge in [-0.2, -0.15) is 0 Å². The molecule has 3 aliphatic heterocycles. The number of piperidine rings is 1. The van der Waals surface area contributed by atoms with E-state index in [0.717, 1.165) is 39.3 Å². The summed E-state index contributed by atoms with van der Waals surface area (Å²) < 4.78 is 5.70. The molecule has 0 aliphatic carbocycles. The highest BCUT2D eigenvalue weighted by Gasteiger charge is 2.28. The van der Waals surface area contributed by atoms with E-state index in [0.29, 0.717) is 38.6 Å². The summed E-state index contributed by atoms with van der Waals surface area (Å²) in [4.78, 5) is 30.2. The molecule has 0 bridgehead atoms. The monoisotopic (exact) mass is 338 g/mol. The second-order valence-electron chi connectivity index (χ2n) is 7.27. The van der Waals surface area contributed by atoms with Gasteiger partial charge in [0.25, 0.3) is 0 Å². The van der Waals surface area contributed by atoms with Crippen LogP contribution >= 0.6 is 0 Å². The number of rotatable bonds is 5. The molecule has 3 aliphatic rings. The quantitative estimate of drug-likeness (QED) is 0.732. The molecule has 3 heterocycles. The largest absolute Gasteiger partial charge is 0.377 e. The van der Waals surface area contributed by atoms with Gasteiger partial charge in [0.1, 0.15) is 0 Å². The fourth-order valence-electron chi connectivity index (χ4n) is 3.91. The van der Waals surface area contributed by atoms with Crippen LogP contribution in [-0.4, -0.2) is 91.6 Å². The minimum absolute atomic E-state index is 0.0598. The molecule has 0 aromatic heterocycles. The van der Waals surface area contributed by atoms with Crippen molar-refractivity contribution in [2.24, 2.45) is 11.7 Å². The number of amides is 2. The van der Waals surface area contributed by atoms with Gasteiger partial charge in [-0.3, -0.25) is 19.4 Å². The lowest BCUT2D eigenvalue weighted by Gasteiger charge is -2.37. The van der Waals surface area contributed by atoms with Crippen molar-refractivity contribution < 1.29 is 14.3 Å². The van der Waals surface area contributed by atoms with Crippen molar-refractivity contribution in [1.82, 2.24) is 14.7 Å². The van der Waals surface area contributed by atoms with Gasteiger partial charge in [0, 0.05) is 58.3 Å². The van der Waals surface area contributed by atoms with E-state index < -0.39 is 0 Å². The molecule has 2 N–H and O–H groups in total. The molecule has 0 aromatic carbocycles. The van der Waals surface area contributed by atoms with Crippen LogP contribution < -0.4 is 5.73 Å². The number of hydrogen-bond acceptors (Lipinski definition) is 5. The Hall–Kier alpha value is -1.18. The summed E-state index contributed by atoms with van der Waals surface area (Å²) in [5.41, 5.74) is 5.35. The Labute approximate surface area is 144 Å². The number of nitrogens with zero attached hydrogens (tertiary/aromatic N) is 3. The zero-order valence-corrected chi connectivity index (χ0v) is 14.5. The van der Waals surface area contributed by atoms with Crippen LogP contribution in [-0.2, 0) is 14.3 Å². The van der Waals surface area contributed by atoms with Crippen LogP contribution in [0.25, 0.3) is 0 Å². The molecule has 0 radical (unpaired) electrons. The summed E-state index contributed by atoms with van der Waals surface area (Å²) >= 11 is 0. The lowest BCUT2D eigenvalue weighted by atomic mass is 9.96. The number of nitrogens with two attached hydrogens (primary N) is 1. The van der Waals surface area contributed by atoms with Crippen LogP contribution in [0.3, 0.4) is 0 Å². The average molecular weight is 338 g/mol. The molecule has 1 unspecified atom stereocenters. The summed E-state index contributed by atoms with van der Waals surface area (Å²) in [6, 6.07) is 0. The van der Waals surface area contributed by atoms with Crippen molar-refractivity contribution >= 4 is 11.8 Å². The van der Waals surface area contributed by atoms with Crippen molar-refractivity contribution in [3.05, 3.63) is 0 Å². The summed E-state index contributed by atoms with van der Waals surface area (Å²) in [5.74, 6) is -0.106. The standard InChI is InChI=1S/C17H30N4O3/c18-17(23)14-3-5-21(6-4-14)16(22)13-20-9-7-19(8-10-20)12-15-2-1-11-24-15/h14-15H,1-13H2,(H2,18,23). The zero-order chi connectivity index (χ0) is 16.9. The third kappa shape index (κ3) is 4.68. The van der Waals surface area contributed by atoms with E-state index in [1.807, 2.05) is 4.90 Å². The zero-order valence-electron chi connectivity index (χ0n) is 14.5. The Kier molecular flexibility index (Phi) is 6.08. The Balaban J connectivity index is 1.35. The third-order valence-corrected chi connectivity index (χ3v) is 5.56. The lowest BCUT2D eigenvalue weighted by Crippen LogP contribution is -2.52. The highest BCUT2D eigenvalue weighted by Crippen LogP contribution is 2.17. The number of piperazine rings is 1. The average Bonchev–Trinajstić information content (AvgIpc) is 3.09. The molecule has 1 atom stereocenters. The van der Waals surface area contributed by atoms with Crippen LogP contribution in [0.2, 0.25) is 0 Å². The van der Waals surface area contributed by atoms with Crippen LogP contribution in [0, 0.1) is 5.92 Å². The van der Waals surface area contributed by atoms with Crippen LogP contribution in [0.4, 0.5) is 0 Å². The predicted molar refractivity (Wildman–Crippen MR) is 90.4 cm³/mol. The van der Waals surface area contributed by atoms with Gasteiger partial charge in [0.15, 0.2) is 0 Å². The summed E-state index contributed by atoms with van der Waals surface area (Å²) in [7, 11) is 0. The molecule has 3 saturated heterocycles. The van der Waals surface area contributed by atoms with Crippen LogP contribution in [0.5, 0.6) is 0 Å². The first-order valence-electron chi connectivity index (χ1n) is 9.25. The summed E-state index contributed by atoms with van der Waals surface area (Å²) in [6.45, 7) is 7.65. The van der Waals surface area contributed by atoms with Gasteiger partial charge in [-0.15, -0.1) is 0 Å². The molecule has 24 heavy (non-hydrogen) atoms. The maximum Gasteiger partial charge on any atom is 0.236 e. The van der Waals surface area contributed by atoms with Crippen molar-refractivity contribution in [3.8, 4) is 0 Å². The van der Waals surface area contributed by atoms with Crippen molar-refractivity contribution in [2.75, 3.05) is 59.0 Å². The molecule has 2 amide bonds. The lowest BCUT2D eigenvalue weighted by molar-refractivity contribution is -0.136. The molecule has 7 heteroatoms. The van der Waals surface area contributed by atoms with Crippen LogP contribution in [0.1, 0.15) is 25.7 Å². The maximum absolute atomic E-state index is 12.4. The van der Waals surface area contributed by atoms with E-state index >= 15 is 0 Å². The first-order chi connectivity index (χ1) is 11.6. The fraction of sp³-hybridized carbons (Fsp3) is 0.882. The summed E-state index contributed by atoms with van der Waals surface area (Å²) in [6.07, 6.45) is 4.18. The molecule has 0 spiro atoms. The Morgan fingerprint density at radius 2 is 1.62 bits per heavy atom. The fourth-order valence-corrected chi connectivity index (χ4v) is 3.91.